The van der Waals surface area contributed by atoms with Gasteiger partial charge in [0, 0.05) is 19.0 Å². The molecule has 9 nitrogen and oxygen atoms in total. The second kappa shape index (κ2) is 8.31. The predicted molar refractivity (Wildman–Crippen MR) is 88.1 cm³/mol. The van der Waals surface area contributed by atoms with Crippen molar-refractivity contribution in [3.8, 4) is 5.75 Å². The molecule has 1 rings (SSSR count). The first kappa shape index (κ1) is 20.2. The Balaban J connectivity index is 2.96. The van der Waals surface area contributed by atoms with Gasteiger partial charge < -0.3 is 9.84 Å². The van der Waals surface area contributed by atoms with Crippen LogP contribution in [0.4, 0.5) is 5.69 Å². The molecular weight excluding hydrogens is 360 g/mol. The first-order chi connectivity index (χ1) is 11.1. The number of aliphatic carboxylic acids is 1. The summed E-state index contributed by atoms with van der Waals surface area (Å²) in [6.07, 6.45) is -0.0113. The fourth-order valence-electron chi connectivity index (χ4n) is 1.73. The lowest BCUT2D eigenvalue weighted by molar-refractivity contribution is -0.137. The number of carbonyl (C=O) groups is 1. The molecular formula is C13H20N2O7S2. The van der Waals surface area contributed by atoms with Gasteiger partial charge in [-0.1, -0.05) is 0 Å². The van der Waals surface area contributed by atoms with Crippen LogP contribution in [0.3, 0.4) is 0 Å². The Bertz CT molecular complexity index is 789. The molecule has 0 atom stereocenters. The highest BCUT2D eigenvalue weighted by Crippen LogP contribution is 2.27. The molecule has 0 unspecified atom stereocenters. The van der Waals surface area contributed by atoms with Crippen LogP contribution in [-0.2, 0) is 24.8 Å². The Morgan fingerprint density at radius 2 is 1.92 bits per heavy atom. The van der Waals surface area contributed by atoms with Crippen LogP contribution < -0.4 is 14.2 Å². The number of nitrogens with one attached hydrogen (secondary N) is 2. The molecule has 0 saturated carbocycles. The molecule has 11 heteroatoms. The maximum atomic E-state index is 12.2. The summed E-state index contributed by atoms with van der Waals surface area (Å²) in [6.45, 7) is 1.43. The van der Waals surface area contributed by atoms with E-state index in [0.29, 0.717) is 0 Å². The summed E-state index contributed by atoms with van der Waals surface area (Å²) in [6, 6.07) is 3.78. The maximum Gasteiger partial charge on any atom is 0.303 e. The molecule has 0 fully saturated rings. The largest absolute Gasteiger partial charge is 0.495 e. The molecule has 3 N–H and O–H groups in total. The van der Waals surface area contributed by atoms with Crippen molar-refractivity contribution in [1.82, 2.24) is 4.72 Å². The zero-order valence-corrected chi connectivity index (χ0v) is 14.9. The number of carboxylic acids is 1. The van der Waals surface area contributed by atoms with Crippen molar-refractivity contribution in [2.75, 3.05) is 24.1 Å². The third kappa shape index (κ3) is 5.98. The highest BCUT2D eigenvalue weighted by molar-refractivity contribution is 7.92. The van der Waals surface area contributed by atoms with Gasteiger partial charge in [-0.05, 0) is 25.5 Å². The predicted octanol–water partition coefficient (Wildman–Crippen LogP) is 0.600. The minimum Gasteiger partial charge on any atom is -0.495 e. The number of hydrogen-bond acceptors (Lipinski definition) is 6. The lowest BCUT2D eigenvalue weighted by atomic mass is 10.3. The van der Waals surface area contributed by atoms with Crippen LogP contribution >= 0.6 is 0 Å². The normalized spacial score (nSPS) is 11.9. The lowest BCUT2D eigenvalue weighted by Crippen LogP contribution is -2.25. The second-order valence-electron chi connectivity index (χ2n) is 4.77. The van der Waals surface area contributed by atoms with E-state index in [-0.39, 0.29) is 41.5 Å². The fraction of sp³-hybridized carbons (Fsp3) is 0.462. The molecule has 0 bridgehead atoms. The SMILES string of the molecule is CCS(=O)(=O)Nc1ccc(S(=O)(=O)NCCCC(=O)O)c(OC)c1. The van der Waals surface area contributed by atoms with Crippen molar-refractivity contribution in [3.63, 3.8) is 0 Å². The van der Waals surface area contributed by atoms with E-state index < -0.39 is 26.0 Å². The van der Waals surface area contributed by atoms with Crippen molar-refractivity contribution in [2.45, 2.75) is 24.7 Å². The molecule has 0 aliphatic carbocycles. The third-order valence-corrected chi connectivity index (χ3v) is 5.77. The van der Waals surface area contributed by atoms with Crippen molar-refractivity contribution < 1.29 is 31.5 Å². The van der Waals surface area contributed by atoms with Crippen LogP contribution in [0.15, 0.2) is 23.1 Å². The van der Waals surface area contributed by atoms with Crippen LogP contribution in [0.25, 0.3) is 0 Å². The van der Waals surface area contributed by atoms with E-state index in [1.807, 2.05) is 0 Å². The Morgan fingerprint density at radius 1 is 1.25 bits per heavy atom. The Morgan fingerprint density at radius 3 is 2.46 bits per heavy atom. The van der Waals surface area contributed by atoms with Crippen LogP contribution in [0.1, 0.15) is 19.8 Å². The smallest absolute Gasteiger partial charge is 0.303 e. The van der Waals surface area contributed by atoms with Crippen molar-refractivity contribution >= 4 is 31.7 Å². The average molecular weight is 380 g/mol. The minimum atomic E-state index is -3.91. The van der Waals surface area contributed by atoms with E-state index in [2.05, 4.69) is 9.44 Å². The summed E-state index contributed by atoms with van der Waals surface area (Å²) in [5.41, 5.74) is 0.179. The molecule has 0 amide bonds. The van der Waals surface area contributed by atoms with Crippen molar-refractivity contribution in [3.05, 3.63) is 18.2 Å². The monoisotopic (exact) mass is 380 g/mol. The minimum absolute atomic E-state index is 0.0305. The van der Waals surface area contributed by atoms with Crippen molar-refractivity contribution in [2.24, 2.45) is 0 Å². The Hall–Kier alpha value is -1.85. The topological polar surface area (TPSA) is 139 Å². The van der Waals surface area contributed by atoms with Gasteiger partial charge in [0.25, 0.3) is 0 Å². The van der Waals surface area contributed by atoms with E-state index in [9.17, 15) is 21.6 Å². The van der Waals surface area contributed by atoms with Gasteiger partial charge in [-0.25, -0.2) is 21.6 Å². The summed E-state index contributed by atoms with van der Waals surface area (Å²) in [7, 11) is -6.15. The number of carboxylic acid groups (broad SMARTS) is 1. The van der Waals surface area contributed by atoms with E-state index in [1.54, 1.807) is 0 Å². The summed E-state index contributed by atoms with van der Waals surface area (Å²) < 4.78 is 57.2. The third-order valence-electron chi connectivity index (χ3n) is 2.97. The highest BCUT2D eigenvalue weighted by atomic mass is 32.2. The average Bonchev–Trinajstić information content (AvgIpc) is 2.50. The second-order valence-corrected chi connectivity index (χ2v) is 8.51. The quantitative estimate of drug-likeness (QED) is 0.505. The van der Waals surface area contributed by atoms with Crippen LogP contribution in [-0.4, -0.2) is 47.3 Å². The maximum absolute atomic E-state index is 12.2. The number of methoxy groups -OCH3 is 1. The summed E-state index contributed by atoms with van der Waals surface area (Å²) in [4.78, 5) is 10.3. The molecule has 0 radical (unpaired) electrons. The van der Waals surface area contributed by atoms with Gasteiger partial charge >= 0.3 is 5.97 Å². The van der Waals surface area contributed by atoms with Gasteiger partial charge in [0.2, 0.25) is 20.0 Å². The van der Waals surface area contributed by atoms with E-state index in [0.717, 1.165) is 0 Å². The molecule has 0 aliphatic rings. The van der Waals surface area contributed by atoms with Gasteiger partial charge in [0.15, 0.2) is 0 Å². The number of benzene rings is 1. The van der Waals surface area contributed by atoms with Crippen LogP contribution in [0, 0.1) is 0 Å². The van der Waals surface area contributed by atoms with Gasteiger partial charge in [0.1, 0.15) is 10.6 Å². The number of rotatable bonds is 10. The molecule has 1 aromatic rings. The first-order valence-electron chi connectivity index (χ1n) is 7.01. The molecule has 0 aromatic heterocycles. The Kier molecular flexibility index (Phi) is 6.99. The molecule has 0 aliphatic heterocycles. The van der Waals surface area contributed by atoms with Gasteiger partial charge in [-0.2, -0.15) is 0 Å². The van der Waals surface area contributed by atoms with Crippen LogP contribution in [0.5, 0.6) is 5.75 Å². The zero-order valence-electron chi connectivity index (χ0n) is 13.3. The standard InChI is InChI=1S/C13H20N2O7S2/c1-3-23(18,19)15-10-6-7-12(11(9-10)22-2)24(20,21)14-8-4-5-13(16)17/h6-7,9,14-15H,3-5,8H2,1-2H3,(H,16,17). The first-order valence-corrected chi connectivity index (χ1v) is 10.1. The number of anilines is 1. The molecule has 0 spiro atoms. The lowest BCUT2D eigenvalue weighted by Gasteiger charge is -2.13. The summed E-state index contributed by atoms with van der Waals surface area (Å²) >= 11 is 0. The van der Waals surface area contributed by atoms with Gasteiger partial charge in [-0.15, -0.1) is 0 Å². The molecule has 1 aromatic carbocycles. The van der Waals surface area contributed by atoms with E-state index in [4.69, 9.17) is 9.84 Å². The van der Waals surface area contributed by atoms with Gasteiger partial charge in [0.05, 0.1) is 18.6 Å². The molecule has 24 heavy (non-hydrogen) atoms. The number of ether oxygens (including phenoxy) is 1. The molecule has 0 saturated heterocycles. The highest BCUT2D eigenvalue weighted by Gasteiger charge is 2.20. The molecule has 136 valence electrons. The number of sulfonamides is 2. The van der Waals surface area contributed by atoms with E-state index in [1.165, 1.54) is 32.2 Å². The summed E-state index contributed by atoms with van der Waals surface area (Å²) in [5, 5.41) is 8.53. The van der Waals surface area contributed by atoms with Crippen LogP contribution in [0.2, 0.25) is 0 Å². The van der Waals surface area contributed by atoms with E-state index >= 15 is 0 Å². The number of hydrogen-bond donors (Lipinski definition) is 3. The van der Waals surface area contributed by atoms with Gasteiger partial charge in [-0.3, -0.25) is 9.52 Å². The zero-order chi connectivity index (χ0) is 18.4. The van der Waals surface area contributed by atoms with Crippen molar-refractivity contribution in [1.29, 1.82) is 0 Å². The molecule has 0 heterocycles. The fourth-order valence-corrected chi connectivity index (χ4v) is 3.58. The Labute approximate surface area is 141 Å². The summed E-state index contributed by atoms with van der Waals surface area (Å²) in [5.74, 6) is -1.17.